The van der Waals surface area contributed by atoms with Crippen LogP contribution in [0, 0.1) is 11.6 Å². The van der Waals surface area contributed by atoms with E-state index >= 15 is 0 Å². The zero-order valence-corrected chi connectivity index (χ0v) is 10.1. The molecule has 3 aromatic rings. The second-order valence-corrected chi connectivity index (χ2v) is 4.28. The summed E-state index contributed by atoms with van der Waals surface area (Å²) < 4.78 is 50.6. The Labute approximate surface area is 117 Å². The van der Waals surface area contributed by atoms with Crippen LogP contribution in [0.15, 0.2) is 36.5 Å². The van der Waals surface area contributed by atoms with Crippen molar-refractivity contribution >= 4 is 17.2 Å². The molecule has 0 bridgehead atoms. The molecule has 3 rings (SSSR count). The molecule has 0 spiro atoms. The van der Waals surface area contributed by atoms with Crippen molar-refractivity contribution in [2.24, 2.45) is 6.98 Å². The quantitative estimate of drug-likeness (QED) is 0.672. The molecule has 20 heavy (non-hydrogen) atoms. The highest BCUT2D eigenvalue weighted by molar-refractivity contribution is 5.94. The van der Waals surface area contributed by atoms with Gasteiger partial charge in [-0.3, -0.25) is 9.48 Å². The third-order valence-electron chi connectivity index (χ3n) is 3.06. The summed E-state index contributed by atoms with van der Waals surface area (Å²) >= 11 is 0. The molecule has 0 atom stereocenters. The van der Waals surface area contributed by atoms with E-state index in [0.717, 1.165) is 16.8 Å². The van der Waals surface area contributed by atoms with Gasteiger partial charge in [0.15, 0.2) is 6.29 Å². The molecule has 0 aliphatic heterocycles. The fourth-order valence-electron chi connectivity index (χ4n) is 2.15. The maximum Gasteiger partial charge on any atom is 0.155 e. The van der Waals surface area contributed by atoms with Crippen LogP contribution >= 0.6 is 0 Å². The molecular formula is C15H10F2N2O. The first-order valence-electron chi connectivity index (χ1n) is 7.25. The van der Waals surface area contributed by atoms with E-state index in [1.54, 1.807) is 18.2 Å². The predicted octanol–water partition coefficient (Wildman–Crippen LogP) is 3.33. The van der Waals surface area contributed by atoms with Crippen molar-refractivity contribution in [1.29, 1.82) is 0 Å². The first kappa shape index (κ1) is 9.36. The van der Waals surface area contributed by atoms with Gasteiger partial charge in [-0.2, -0.15) is 5.10 Å². The van der Waals surface area contributed by atoms with Gasteiger partial charge in [0.05, 0.1) is 11.1 Å². The van der Waals surface area contributed by atoms with E-state index in [-0.39, 0.29) is 11.8 Å². The van der Waals surface area contributed by atoms with Crippen molar-refractivity contribution in [2.75, 3.05) is 0 Å². The van der Waals surface area contributed by atoms with Gasteiger partial charge in [0.1, 0.15) is 11.6 Å². The van der Waals surface area contributed by atoms with Crippen molar-refractivity contribution in [3.63, 3.8) is 0 Å². The van der Waals surface area contributed by atoms with Crippen molar-refractivity contribution in [2.45, 2.75) is 0 Å². The Bertz CT molecular complexity index is 896. The Morgan fingerprint density at radius 1 is 1.30 bits per heavy atom. The molecule has 100 valence electrons. The van der Waals surface area contributed by atoms with Crippen LogP contribution in [-0.2, 0) is 6.98 Å². The first-order chi connectivity index (χ1) is 10.8. The largest absolute Gasteiger partial charge is 0.298 e. The van der Waals surface area contributed by atoms with Gasteiger partial charge < -0.3 is 0 Å². The molecule has 3 nitrogen and oxygen atoms in total. The third-order valence-corrected chi connectivity index (χ3v) is 3.06. The second-order valence-electron chi connectivity index (χ2n) is 4.28. The molecule has 1 heterocycles. The molecule has 0 radical (unpaired) electrons. The lowest BCUT2D eigenvalue weighted by Gasteiger charge is -2.05. The SMILES string of the molecule is [2H]C([2H])([2H])n1cc2c(-c3cc(F)c(C=O)c(F)c3)cccc2n1. The van der Waals surface area contributed by atoms with Crippen molar-refractivity contribution in [3.8, 4) is 11.1 Å². The summed E-state index contributed by atoms with van der Waals surface area (Å²) in [6, 6.07) is 6.89. The summed E-state index contributed by atoms with van der Waals surface area (Å²) in [7, 11) is 0. The zero-order chi connectivity index (χ0) is 16.8. The van der Waals surface area contributed by atoms with Crippen LogP contribution in [0.3, 0.4) is 0 Å². The van der Waals surface area contributed by atoms with E-state index in [2.05, 4.69) is 5.10 Å². The average molecular weight is 275 g/mol. The van der Waals surface area contributed by atoms with Crippen molar-refractivity contribution in [1.82, 2.24) is 9.78 Å². The van der Waals surface area contributed by atoms with Crippen LogP contribution < -0.4 is 0 Å². The highest BCUT2D eigenvalue weighted by atomic mass is 19.1. The fourth-order valence-corrected chi connectivity index (χ4v) is 2.15. The minimum atomic E-state index is -2.45. The molecule has 5 heteroatoms. The van der Waals surface area contributed by atoms with Gasteiger partial charge in [-0.25, -0.2) is 8.78 Å². The Morgan fingerprint density at radius 2 is 2.05 bits per heavy atom. The van der Waals surface area contributed by atoms with Crippen molar-refractivity contribution in [3.05, 3.63) is 53.7 Å². The standard InChI is InChI=1S/C15H10F2N2O/c1-19-7-11-10(3-2-4-15(11)18-19)9-5-13(16)12(8-20)14(17)6-9/h2-8H,1H3/i1D3. The predicted molar refractivity (Wildman–Crippen MR) is 71.5 cm³/mol. The van der Waals surface area contributed by atoms with Crippen molar-refractivity contribution < 1.29 is 17.7 Å². The van der Waals surface area contributed by atoms with Gasteiger partial charge in [0.2, 0.25) is 0 Å². The van der Waals surface area contributed by atoms with Crippen LogP contribution in [0.25, 0.3) is 22.0 Å². The van der Waals surface area contributed by atoms with E-state index in [9.17, 15) is 13.6 Å². The summed E-state index contributed by atoms with van der Waals surface area (Å²) in [6.45, 7) is -2.45. The van der Waals surface area contributed by atoms with Gasteiger partial charge >= 0.3 is 0 Å². The topological polar surface area (TPSA) is 34.9 Å². The maximum absolute atomic E-state index is 13.8. The lowest BCUT2D eigenvalue weighted by atomic mass is 10.00. The summed E-state index contributed by atoms with van der Waals surface area (Å²) in [4.78, 5) is 10.7. The molecule has 1 aromatic heterocycles. The number of aromatic nitrogens is 2. The Morgan fingerprint density at radius 3 is 2.70 bits per heavy atom. The molecule has 2 aromatic carbocycles. The Kier molecular flexibility index (Phi) is 2.12. The lowest BCUT2D eigenvalue weighted by molar-refractivity contribution is 0.111. The molecular weight excluding hydrogens is 262 g/mol. The van der Waals surface area contributed by atoms with Crippen LogP contribution in [0.5, 0.6) is 0 Å². The molecule has 0 aliphatic carbocycles. The number of hydrogen-bond acceptors (Lipinski definition) is 2. The number of aryl methyl sites for hydroxylation is 1. The van der Waals surface area contributed by atoms with Gasteiger partial charge in [-0.05, 0) is 29.3 Å². The lowest BCUT2D eigenvalue weighted by Crippen LogP contribution is -1.95. The summed E-state index contributed by atoms with van der Waals surface area (Å²) in [5.41, 5.74) is 0.368. The Hall–Kier alpha value is -2.56. The average Bonchev–Trinajstić information content (AvgIpc) is 2.90. The number of nitrogens with zero attached hydrogens (tertiary/aromatic N) is 2. The summed E-state index contributed by atoms with van der Waals surface area (Å²) in [5, 5.41) is 4.40. The van der Waals surface area contributed by atoms with Gasteiger partial charge in [0, 0.05) is 22.7 Å². The molecule has 0 unspecified atom stereocenters. The van der Waals surface area contributed by atoms with E-state index in [0.29, 0.717) is 16.5 Å². The van der Waals surface area contributed by atoms with Crippen LogP contribution in [0.4, 0.5) is 8.78 Å². The van der Waals surface area contributed by atoms with Gasteiger partial charge in [-0.15, -0.1) is 0 Å². The highest BCUT2D eigenvalue weighted by Gasteiger charge is 2.13. The Balaban J connectivity index is 2.25. The number of benzene rings is 2. The second kappa shape index (κ2) is 4.52. The summed E-state index contributed by atoms with van der Waals surface area (Å²) in [5.74, 6) is -1.95. The normalized spacial score (nSPS) is 13.8. The minimum Gasteiger partial charge on any atom is -0.298 e. The van der Waals surface area contributed by atoms with Crippen LogP contribution in [0.1, 0.15) is 14.5 Å². The molecule has 0 fully saturated rings. The molecule has 0 aliphatic rings. The molecule has 0 amide bonds. The van der Waals surface area contributed by atoms with Gasteiger partial charge in [0.25, 0.3) is 0 Å². The zero-order valence-electron chi connectivity index (χ0n) is 13.1. The minimum absolute atomic E-state index is 0.113. The number of aldehydes is 1. The number of halogens is 2. The van der Waals surface area contributed by atoms with E-state index in [4.69, 9.17) is 4.11 Å². The van der Waals surface area contributed by atoms with E-state index in [1.807, 2.05) is 0 Å². The van der Waals surface area contributed by atoms with Crippen LogP contribution in [0.2, 0.25) is 0 Å². The van der Waals surface area contributed by atoms with E-state index < -0.39 is 24.2 Å². The third kappa shape index (κ3) is 1.87. The smallest absolute Gasteiger partial charge is 0.155 e. The fraction of sp³-hybridized carbons (Fsp3) is 0.0667. The monoisotopic (exact) mass is 275 g/mol. The highest BCUT2D eigenvalue weighted by Crippen LogP contribution is 2.30. The first-order valence-corrected chi connectivity index (χ1v) is 5.75. The van der Waals surface area contributed by atoms with E-state index in [1.165, 1.54) is 6.20 Å². The molecule has 0 saturated carbocycles. The number of carbonyl (C=O) groups is 1. The number of carbonyl (C=O) groups excluding carboxylic acids is 1. The van der Waals surface area contributed by atoms with Crippen LogP contribution in [-0.4, -0.2) is 16.1 Å². The summed E-state index contributed by atoms with van der Waals surface area (Å²) in [6.07, 6.45) is 1.42. The van der Waals surface area contributed by atoms with Gasteiger partial charge in [-0.1, -0.05) is 12.1 Å². The maximum atomic E-state index is 13.8. The number of fused-ring (bicyclic) bond motifs is 1. The number of hydrogen-bond donors (Lipinski definition) is 0. The molecule has 0 N–H and O–H groups in total. The molecule has 0 saturated heterocycles. The number of rotatable bonds is 2.